The lowest BCUT2D eigenvalue weighted by atomic mass is 10.2. The van der Waals surface area contributed by atoms with Crippen LogP contribution in [0.4, 0.5) is 0 Å². The molecule has 2 aromatic rings. The smallest absolute Gasteiger partial charge is 0.231 e. The van der Waals surface area contributed by atoms with E-state index in [1.807, 2.05) is 10.8 Å². The molecule has 0 aliphatic rings. The number of aromatic nitrogens is 4. The lowest BCUT2D eigenvalue weighted by Crippen LogP contribution is -2.10. The molecule has 0 aromatic carbocycles. The first-order valence-electron chi connectivity index (χ1n) is 5.27. The molecule has 0 saturated carbocycles. The maximum absolute atomic E-state index is 12.1. The third-order valence-electron chi connectivity index (χ3n) is 2.35. The fourth-order valence-corrected chi connectivity index (χ4v) is 1.61. The van der Waals surface area contributed by atoms with Crippen LogP contribution in [-0.4, -0.2) is 25.1 Å². The number of carbonyl (C=O) groups excluding carboxylic acids is 1. The molecule has 84 valence electrons. The molecule has 2 aromatic heterocycles. The third kappa shape index (κ3) is 1.88. The predicted octanol–water partition coefficient (Wildman–Crippen LogP) is 1.26. The second-order valence-electron chi connectivity index (χ2n) is 3.68. The van der Waals surface area contributed by atoms with Gasteiger partial charge in [0.25, 0.3) is 0 Å². The second kappa shape index (κ2) is 4.30. The molecule has 2 heterocycles. The fourth-order valence-electron chi connectivity index (χ4n) is 1.61. The molecule has 0 N–H and O–H groups in total. The van der Waals surface area contributed by atoms with Gasteiger partial charge in [-0.1, -0.05) is 6.92 Å². The second-order valence-corrected chi connectivity index (χ2v) is 3.68. The summed E-state index contributed by atoms with van der Waals surface area (Å²) in [7, 11) is 1.79. The zero-order chi connectivity index (χ0) is 11.5. The molecule has 2 rings (SSSR count). The molecule has 5 nitrogen and oxygen atoms in total. The molecular weight excluding hydrogens is 204 g/mol. The predicted molar refractivity (Wildman–Crippen MR) is 59.2 cm³/mol. The first-order chi connectivity index (χ1) is 7.72. The summed E-state index contributed by atoms with van der Waals surface area (Å²) in [5.74, 6) is 0.404. The lowest BCUT2D eigenvalue weighted by molar-refractivity contribution is 0.102. The average Bonchev–Trinajstić information content (AvgIpc) is 2.87. The van der Waals surface area contributed by atoms with Crippen molar-refractivity contribution < 1.29 is 4.79 Å². The first kappa shape index (κ1) is 10.6. The number of nitrogens with zero attached hydrogens (tertiary/aromatic N) is 4. The topological polar surface area (TPSA) is 52.7 Å². The minimum Gasteiger partial charge on any atom is -0.328 e. The molecule has 16 heavy (non-hydrogen) atoms. The molecule has 0 unspecified atom stereocenters. The van der Waals surface area contributed by atoms with Crippen LogP contribution in [0.2, 0.25) is 0 Å². The van der Waals surface area contributed by atoms with Gasteiger partial charge in [-0.15, -0.1) is 0 Å². The molecule has 0 radical (unpaired) electrons. The van der Waals surface area contributed by atoms with Crippen LogP contribution in [0.5, 0.6) is 0 Å². The highest BCUT2D eigenvalue weighted by Crippen LogP contribution is 2.07. The normalized spacial score (nSPS) is 10.6. The minimum atomic E-state index is -0.0773. The molecule has 0 aliphatic carbocycles. The van der Waals surface area contributed by atoms with Gasteiger partial charge < -0.3 is 4.57 Å². The number of ketones is 1. The summed E-state index contributed by atoms with van der Waals surface area (Å²) in [6.45, 7) is 2.87. The Balaban J connectivity index is 2.30. The molecule has 0 amide bonds. The summed E-state index contributed by atoms with van der Waals surface area (Å²) in [5, 5.41) is 3.98. The number of rotatable bonds is 4. The van der Waals surface area contributed by atoms with Gasteiger partial charge in [-0.05, 0) is 6.42 Å². The van der Waals surface area contributed by atoms with E-state index in [-0.39, 0.29) is 5.78 Å². The molecular formula is C11H14N4O. The van der Waals surface area contributed by atoms with E-state index in [4.69, 9.17) is 0 Å². The summed E-state index contributed by atoms with van der Waals surface area (Å²) in [4.78, 5) is 16.2. The average molecular weight is 218 g/mol. The molecule has 0 saturated heterocycles. The maximum Gasteiger partial charge on any atom is 0.231 e. The molecule has 0 spiro atoms. The monoisotopic (exact) mass is 218 g/mol. The largest absolute Gasteiger partial charge is 0.328 e. The van der Waals surface area contributed by atoms with Crippen molar-refractivity contribution in [1.29, 1.82) is 0 Å². The Labute approximate surface area is 93.7 Å². The van der Waals surface area contributed by atoms with E-state index in [2.05, 4.69) is 17.0 Å². The van der Waals surface area contributed by atoms with Crippen LogP contribution in [0.25, 0.3) is 0 Å². The van der Waals surface area contributed by atoms with E-state index >= 15 is 0 Å². The van der Waals surface area contributed by atoms with E-state index in [9.17, 15) is 4.79 Å². The van der Waals surface area contributed by atoms with Gasteiger partial charge in [0.1, 0.15) is 0 Å². The van der Waals surface area contributed by atoms with Crippen LogP contribution < -0.4 is 0 Å². The van der Waals surface area contributed by atoms with E-state index in [0.717, 1.165) is 13.0 Å². The van der Waals surface area contributed by atoms with Gasteiger partial charge in [-0.2, -0.15) is 5.10 Å². The summed E-state index contributed by atoms with van der Waals surface area (Å²) in [6, 6.07) is 0. The highest BCUT2D eigenvalue weighted by atomic mass is 16.1. The molecule has 0 fully saturated rings. The van der Waals surface area contributed by atoms with E-state index in [1.54, 1.807) is 30.3 Å². The van der Waals surface area contributed by atoms with Crippen LogP contribution in [0.3, 0.4) is 0 Å². The summed E-state index contributed by atoms with van der Waals surface area (Å²) < 4.78 is 3.48. The van der Waals surface area contributed by atoms with Gasteiger partial charge in [0.05, 0.1) is 11.8 Å². The standard InChI is InChI=1S/C11H14N4O/c1-3-5-15-6-4-12-11(15)10(16)9-7-13-14(2)8-9/h4,6-8H,3,5H2,1-2H3. The van der Waals surface area contributed by atoms with Gasteiger partial charge in [0.2, 0.25) is 5.78 Å². The Morgan fingerprint density at radius 2 is 2.31 bits per heavy atom. The molecule has 0 atom stereocenters. The number of hydrogen-bond acceptors (Lipinski definition) is 3. The van der Waals surface area contributed by atoms with Crippen molar-refractivity contribution in [3.8, 4) is 0 Å². The number of imidazole rings is 1. The van der Waals surface area contributed by atoms with E-state index in [1.165, 1.54) is 0 Å². The maximum atomic E-state index is 12.1. The highest BCUT2D eigenvalue weighted by Gasteiger charge is 2.15. The molecule has 0 bridgehead atoms. The zero-order valence-electron chi connectivity index (χ0n) is 9.42. The Morgan fingerprint density at radius 1 is 1.50 bits per heavy atom. The quantitative estimate of drug-likeness (QED) is 0.726. The van der Waals surface area contributed by atoms with Crippen molar-refractivity contribution in [2.24, 2.45) is 7.05 Å². The van der Waals surface area contributed by atoms with Gasteiger partial charge in [-0.25, -0.2) is 4.98 Å². The van der Waals surface area contributed by atoms with Crippen molar-refractivity contribution >= 4 is 5.78 Å². The van der Waals surface area contributed by atoms with E-state index in [0.29, 0.717) is 11.4 Å². The van der Waals surface area contributed by atoms with Crippen LogP contribution in [0.15, 0.2) is 24.8 Å². The summed E-state index contributed by atoms with van der Waals surface area (Å²) in [6.07, 6.45) is 7.72. The van der Waals surface area contributed by atoms with Crippen molar-refractivity contribution in [2.75, 3.05) is 0 Å². The van der Waals surface area contributed by atoms with E-state index < -0.39 is 0 Å². The van der Waals surface area contributed by atoms with Crippen LogP contribution in [0.1, 0.15) is 29.5 Å². The third-order valence-corrected chi connectivity index (χ3v) is 2.35. The number of hydrogen-bond donors (Lipinski definition) is 0. The lowest BCUT2D eigenvalue weighted by Gasteiger charge is -2.03. The van der Waals surface area contributed by atoms with Crippen molar-refractivity contribution in [2.45, 2.75) is 19.9 Å². The van der Waals surface area contributed by atoms with Crippen molar-refractivity contribution in [3.63, 3.8) is 0 Å². The fraction of sp³-hybridized carbons (Fsp3) is 0.364. The Kier molecular flexibility index (Phi) is 2.85. The Bertz CT molecular complexity index is 498. The molecule has 5 heteroatoms. The first-order valence-corrected chi connectivity index (χ1v) is 5.27. The van der Waals surface area contributed by atoms with Crippen LogP contribution in [-0.2, 0) is 13.6 Å². The SMILES string of the molecule is CCCn1ccnc1C(=O)c1cnn(C)c1. The zero-order valence-corrected chi connectivity index (χ0v) is 9.42. The van der Waals surface area contributed by atoms with Gasteiger partial charge >= 0.3 is 0 Å². The van der Waals surface area contributed by atoms with Crippen molar-refractivity contribution in [3.05, 3.63) is 36.2 Å². The van der Waals surface area contributed by atoms with Crippen LogP contribution >= 0.6 is 0 Å². The minimum absolute atomic E-state index is 0.0773. The number of carbonyl (C=O) groups is 1. The Morgan fingerprint density at radius 3 is 2.94 bits per heavy atom. The molecule has 0 aliphatic heterocycles. The highest BCUT2D eigenvalue weighted by molar-refractivity contribution is 6.06. The summed E-state index contributed by atoms with van der Waals surface area (Å²) >= 11 is 0. The van der Waals surface area contributed by atoms with Gasteiger partial charge in [-0.3, -0.25) is 9.48 Å². The Hall–Kier alpha value is -1.91. The van der Waals surface area contributed by atoms with Gasteiger partial charge in [0.15, 0.2) is 5.82 Å². The van der Waals surface area contributed by atoms with Crippen LogP contribution in [0, 0.1) is 0 Å². The number of aryl methyl sites for hydroxylation is 2. The summed E-state index contributed by atoms with van der Waals surface area (Å²) in [5.41, 5.74) is 0.575. The van der Waals surface area contributed by atoms with Gasteiger partial charge in [0, 0.05) is 32.2 Å². The van der Waals surface area contributed by atoms with Crippen molar-refractivity contribution in [1.82, 2.24) is 19.3 Å².